The highest BCUT2D eigenvalue weighted by Gasteiger charge is 2.29. The van der Waals surface area contributed by atoms with Gasteiger partial charge < -0.3 is 19.7 Å². The third kappa shape index (κ3) is 5.65. The minimum absolute atomic E-state index is 0.0508. The Balaban J connectivity index is 1.59. The molecule has 0 fully saturated rings. The highest BCUT2D eigenvalue weighted by molar-refractivity contribution is 5.99. The zero-order valence-electron chi connectivity index (χ0n) is 16.3. The molecule has 2 aromatic carbocycles. The van der Waals surface area contributed by atoms with Gasteiger partial charge in [0.2, 0.25) is 11.8 Å². The maximum Gasteiger partial charge on any atom is 0.422 e. The Morgan fingerprint density at radius 3 is 2.70 bits per heavy atom. The normalized spacial score (nSPS) is 13.3. The number of nitrogens with one attached hydrogen (secondary N) is 1. The minimum Gasteiger partial charge on any atom is -0.490 e. The summed E-state index contributed by atoms with van der Waals surface area (Å²) < 4.78 is 47.7. The average molecular weight is 422 g/mol. The lowest BCUT2D eigenvalue weighted by Gasteiger charge is -2.29. The fraction of sp³-hybridized carbons (Fsp3) is 0.333. The number of hydrogen-bond donors (Lipinski definition) is 1. The average Bonchev–Trinajstić information content (AvgIpc) is 2.71. The smallest absolute Gasteiger partial charge is 0.422 e. The molecule has 1 aliphatic heterocycles. The summed E-state index contributed by atoms with van der Waals surface area (Å²) in [6, 6.07) is 11.7. The number of ether oxygens (including phenoxy) is 2. The van der Waals surface area contributed by atoms with Gasteiger partial charge in [-0.1, -0.05) is 18.2 Å². The van der Waals surface area contributed by atoms with Gasteiger partial charge >= 0.3 is 6.18 Å². The van der Waals surface area contributed by atoms with E-state index in [2.05, 4.69) is 5.32 Å². The van der Waals surface area contributed by atoms with Gasteiger partial charge in [-0.2, -0.15) is 13.2 Å². The van der Waals surface area contributed by atoms with Gasteiger partial charge in [0.25, 0.3) is 0 Å². The van der Waals surface area contributed by atoms with E-state index in [4.69, 9.17) is 9.47 Å². The zero-order chi connectivity index (χ0) is 21.7. The first-order chi connectivity index (χ1) is 14.2. The molecule has 9 heteroatoms. The molecule has 0 radical (unpaired) electrons. The second kappa shape index (κ2) is 9.06. The predicted molar refractivity (Wildman–Crippen MR) is 105 cm³/mol. The number of rotatable bonds is 6. The van der Waals surface area contributed by atoms with Crippen molar-refractivity contribution in [3.8, 4) is 11.5 Å². The molecule has 1 N–H and O–H groups in total. The van der Waals surface area contributed by atoms with E-state index in [0.29, 0.717) is 30.2 Å². The van der Waals surface area contributed by atoms with Gasteiger partial charge in [-0.15, -0.1) is 0 Å². The van der Waals surface area contributed by atoms with Gasteiger partial charge in [-0.25, -0.2) is 0 Å². The fourth-order valence-corrected chi connectivity index (χ4v) is 3.01. The van der Waals surface area contributed by atoms with E-state index in [1.807, 2.05) is 0 Å². The number of amides is 2. The Labute approximate surface area is 171 Å². The molecule has 160 valence electrons. The Morgan fingerprint density at radius 1 is 1.17 bits per heavy atom. The molecule has 0 atom stereocenters. The number of carbonyl (C=O) groups excluding carboxylic acids is 2. The zero-order valence-corrected chi connectivity index (χ0v) is 16.3. The van der Waals surface area contributed by atoms with Crippen molar-refractivity contribution in [2.24, 2.45) is 0 Å². The van der Waals surface area contributed by atoms with Crippen LogP contribution < -0.4 is 19.7 Å². The number of halogens is 3. The SMILES string of the molecule is Cc1ccc(NC(=O)CCC(=O)N2CCOc3ccccc32)c(OCC(F)(F)F)c1. The van der Waals surface area contributed by atoms with Crippen LogP contribution in [0.1, 0.15) is 18.4 Å². The van der Waals surface area contributed by atoms with Crippen LogP contribution in [0.15, 0.2) is 42.5 Å². The fourth-order valence-electron chi connectivity index (χ4n) is 3.01. The van der Waals surface area contributed by atoms with Gasteiger partial charge in [0.1, 0.15) is 18.1 Å². The number of nitrogens with zero attached hydrogens (tertiary/aromatic N) is 1. The van der Waals surface area contributed by atoms with Crippen LogP contribution in [0.3, 0.4) is 0 Å². The summed E-state index contributed by atoms with van der Waals surface area (Å²) in [6.45, 7) is 0.974. The Hall–Kier alpha value is -3.23. The lowest BCUT2D eigenvalue weighted by molar-refractivity contribution is -0.153. The topological polar surface area (TPSA) is 67.9 Å². The summed E-state index contributed by atoms with van der Waals surface area (Å²) in [5.41, 5.74) is 1.46. The van der Waals surface area contributed by atoms with Crippen molar-refractivity contribution in [1.82, 2.24) is 0 Å². The Bertz CT molecular complexity index is 931. The molecular formula is C21H21F3N2O4. The monoisotopic (exact) mass is 422 g/mol. The molecule has 30 heavy (non-hydrogen) atoms. The van der Waals surface area contributed by atoms with Gasteiger partial charge in [-0.05, 0) is 36.8 Å². The molecule has 0 unspecified atom stereocenters. The second-order valence-corrected chi connectivity index (χ2v) is 6.81. The number of alkyl halides is 3. The van der Waals surface area contributed by atoms with Crippen LogP contribution >= 0.6 is 0 Å². The van der Waals surface area contributed by atoms with Crippen LogP contribution in [0.4, 0.5) is 24.5 Å². The molecular weight excluding hydrogens is 401 g/mol. The van der Waals surface area contributed by atoms with Gasteiger partial charge in [-0.3, -0.25) is 9.59 Å². The van der Waals surface area contributed by atoms with E-state index in [-0.39, 0.29) is 30.2 Å². The first-order valence-corrected chi connectivity index (χ1v) is 9.35. The largest absolute Gasteiger partial charge is 0.490 e. The number of para-hydroxylation sites is 2. The molecule has 0 bridgehead atoms. The summed E-state index contributed by atoms with van der Waals surface area (Å²) in [7, 11) is 0. The van der Waals surface area contributed by atoms with Crippen molar-refractivity contribution >= 4 is 23.2 Å². The number of hydrogen-bond acceptors (Lipinski definition) is 4. The number of carbonyl (C=O) groups is 2. The lowest BCUT2D eigenvalue weighted by atomic mass is 10.2. The van der Waals surface area contributed by atoms with Crippen LogP contribution in [0.5, 0.6) is 11.5 Å². The van der Waals surface area contributed by atoms with E-state index >= 15 is 0 Å². The van der Waals surface area contributed by atoms with Crippen LogP contribution in [0.25, 0.3) is 0 Å². The quantitative estimate of drug-likeness (QED) is 0.762. The molecule has 0 aromatic heterocycles. The molecule has 6 nitrogen and oxygen atoms in total. The summed E-state index contributed by atoms with van der Waals surface area (Å²) in [6.07, 6.45) is -4.67. The third-order valence-corrected chi connectivity index (χ3v) is 4.40. The molecule has 0 saturated carbocycles. The van der Waals surface area contributed by atoms with E-state index in [0.717, 1.165) is 0 Å². The van der Waals surface area contributed by atoms with E-state index in [9.17, 15) is 22.8 Å². The molecule has 2 aromatic rings. The Kier molecular flexibility index (Phi) is 6.49. The van der Waals surface area contributed by atoms with Crippen LogP contribution in [-0.2, 0) is 9.59 Å². The van der Waals surface area contributed by atoms with Crippen molar-refractivity contribution < 1.29 is 32.2 Å². The molecule has 0 saturated heterocycles. The standard InChI is InChI=1S/C21H21F3N2O4/c1-14-6-7-15(18(12-14)30-13-21(22,23)24)25-19(27)8-9-20(28)26-10-11-29-17-5-3-2-4-16(17)26/h2-7,12H,8-11,13H2,1H3,(H,25,27). The van der Waals surface area contributed by atoms with Crippen molar-refractivity contribution in [3.05, 3.63) is 48.0 Å². The van der Waals surface area contributed by atoms with E-state index in [1.165, 1.54) is 12.1 Å². The summed E-state index contributed by atoms with van der Waals surface area (Å²) in [5, 5.41) is 2.52. The molecule has 2 amide bonds. The number of anilines is 2. The maximum atomic E-state index is 12.6. The minimum atomic E-state index is -4.49. The summed E-state index contributed by atoms with van der Waals surface area (Å²) in [4.78, 5) is 26.4. The Morgan fingerprint density at radius 2 is 1.93 bits per heavy atom. The van der Waals surface area contributed by atoms with Crippen LogP contribution in [0, 0.1) is 6.92 Å². The van der Waals surface area contributed by atoms with Crippen molar-refractivity contribution in [3.63, 3.8) is 0 Å². The van der Waals surface area contributed by atoms with Gasteiger partial charge in [0.05, 0.1) is 17.9 Å². The lowest BCUT2D eigenvalue weighted by Crippen LogP contribution is -2.38. The third-order valence-electron chi connectivity index (χ3n) is 4.40. The first kappa shape index (κ1) is 21.5. The predicted octanol–water partition coefficient (Wildman–Crippen LogP) is 4.08. The number of benzene rings is 2. The highest BCUT2D eigenvalue weighted by atomic mass is 19.4. The summed E-state index contributed by atoms with van der Waals surface area (Å²) in [5.74, 6) is -0.203. The number of fused-ring (bicyclic) bond motifs is 1. The highest BCUT2D eigenvalue weighted by Crippen LogP contribution is 2.32. The maximum absolute atomic E-state index is 12.6. The molecule has 1 aliphatic rings. The number of aryl methyl sites for hydroxylation is 1. The summed E-state index contributed by atoms with van der Waals surface area (Å²) >= 11 is 0. The van der Waals surface area contributed by atoms with Crippen molar-refractivity contribution in [1.29, 1.82) is 0 Å². The van der Waals surface area contributed by atoms with Crippen LogP contribution in [-0.4, -0.2) is 37.7 Å². The first-order valence-electron chi connectivity index (χ1n) is 9.35. The molecule has 0 aliphatic carbocycles. The molecule has 3 rings (SSSR count). The molecule has 0 spiro atoms. The van der Waals surface area contributed by atoms with Crippen LogP contribution in [0.2, 0.25) is 0 Å². The van der Waals surface area contributed by atoms with Crippen molar-refractivity contribution in [2.75, 3.05) is 30.0 Å². The van der Waals surface area contributed by atoms with E-state index in [1.54, 1.807) is 42.2 Å². The molecule has 1 heterocycles. The van der Waals surface area contributed by atoms with Crippen molar-refractivity contribution in [2.45, 2.75) is 25.9 Å². The second-order valence-electron chi connectivity index (χ2n) is 6.81. The van der Waals surface area contributed by atoms with Gasteiger partial charge in [0.15, 0.2) is 6.61 Å². The van der Waals surface area contributed by atoms with Gasteiger partial charge in [0, 0.05) is 12.8 Å². The van der Waals surface area contributed by atoms with E-state index < -0.39 is 18.7 Å².